The van der Waals surface area contributed by atoms with Gasteiger partial charge in [-0.3, -0.25) is 9.79 Å². The van der Waals surface area contributed by atoms with Gasteiger partial charge in [0.05, 0.1) is 12.6 Å². The van der Waals surface area contributed by atoms with E-state index < -0.39 is 0 Å². The van der Waals surface area contributed by atoms with Crippen LogP contribution in [0.3, 0.4) is 0 Å². The molecule has 116 valence electrons. The van der Waals surface area contributed by atoms with E-state index in [0.717, 1.165) is 5.56 Å². The van der Waals surface area contributed by atoms with Crippen molar-refractivity contribution in [3.05, 3.63) is 33.8 Å². The highest BCUT2D eigenvalue weighted by Crippen LogP contribution is 2.25. The third kappa shape index (κ3) is 5.81. The number of benzene rings is 1. The molecule has 1 aromatic carbocycles. The summed E-state index contributed by atoms with van der Waals surface area (Å²) >= 11 is 12.0. The molecule has 1 unspecified atom stereocenters. The second kappa shape index (κ2) is 8.10. The van der Waals surface area contributed by atoms with Crippen molar-refractivity contribution in [1.29, 1.82) is 0 Å². The highest BCUT2D eigenvalue weighted by molar-refractivity contribution is 6.35. The predicted molar refractivity (Wildman–Crippen MR) is 87.8 cm³/mol. The molecule has 0 aliphatic heterocycles. The Kier molecular flexibility index (Phi) is 6.78. The lowest BCUT2D eigenvalue weighted by molar-refractivity contribution is -0.128. The quantitative estimate of drug-likeness (QED) is 0.643. The molecule has 21 heavy (non-hydrogen) atoms. The molecule has 1 amide bonds. The van der Waals surface area contributed by atoms with Crippen LogP contribution in [0.5, 0.6) is 0 Å². The van der Waals surface area contributed by atoms with Crippen LogP contribution in [0.25, 0.3) is 0 Å². The number of hydrogen-bond acceptors (Lipinski definition) is 2. The monoisotopic (exact) mass is 330 g/mol. The van der Waals surface area contributed by atoms with Crippen molar-refractivity contribution < 1.29 is 4.79 Å². The standard InChI is InChI=1S/C14H20Cl2N4O/c1-9(11-5-4-10(15)8-12(11)16)19-14(17)18-7-6-13(21)20(2)3/h4-5,8-9H,6-7H2,1-3H3,(H3,17,18,19). The molecule has 0 bridgehead atoms. The summed E-state index contributed by atoms with van der Waals surface area (Å²) in [6.07, 6.45) is 0.325. The second-order valence-corrected chi connectivity index (χ2v) is 5.68. The summed E-state index contributed by atoms with van der Waals surface area (Å²) in [4.78, 5) is 17.1. The minimum absolute atomic E-state index is 0.0142. The van der Waals surface area contributed by atoms with Crippen molar-refractivity contribution in [2.24, 2.45) is 10.7 Å². The molecule has 1 aromatic rings. The average molecular weight is 331 g/mol. The third-order valence-electron chi connectivity index (χ3n) is 2.90. The van der Waals surface area contributed by atoms with Crippen molar-refractivity contribution >= 4 is 35.1 Å². The third-order valence-corrected chi connectivity index (χ3v) is 3.46. The van der Waals surface area contributed by atoms with Gasteiger partial charge in [-0.1, -0.05) is 29.3 Å². The lowest BCUT2D eigenvalue weighted by Gasteiger charge is -2.16. The van der Waals surface area contributed by atoms with Gasteiger partial charge in [-0.05, 0) is 24.6 Å². The van der Waals surface area contributed by atoms with Gasteiger partial charge in [0.2, 0.25) is 5.91 Å². The van der Waals surface area contributed by atoms with Crippen LogP contribution in [0.1, 0.15) is 24.9 Å². The highest BCUT2D eigenvalue weighted by atomic mass is 35.5. The van der Waals surface area contributed by atoms with Crippen molar-refractivity contribution in [2.45, 2.75) is 19.4 Å². The van der Waals surface area contributed by atoms with E-state index in [0.29, 0.717) is 23.0 Å². The van der Waals surface area contributed by atoms with Gasteiger partial charge in [0.1, 0.15) is 0 Å². The maximum atomic E-state index is 11.4. The Morgan fingerprint density at radius 3 is 2.67 bits per heavy atom. The van der Waals surface area contributed by atoms with Gasteiger partial charge in [0.15, 0.2) is 5.96 Å². The van der Waals surface area contributed by atoms with Gasteiger partial charge in [-0.25, -0.2) is 0 Å². The first-order chi connectivity index (χ1) is 9.81. The number of amides is 1. The first-order valence-corrected chi connectivity index (χ1v) is 7.28. The van der Waals surface area contributed by atoms with Gasteiger partial charge < -0.3 is 16.0 Å². The van der Waals surface area contributed by atoms with Gasteiger partial charge in [0.25, 0.3) is 0 Å². The van der Waals surface area contributed by atoms with E-state index in [4.69, 9.17) is 28.9 Å². The summed E-state index contributed by atoms with van der Waals surface area (Å²) in [5, 5.41) is 4.19. The van der Waals surface area contributed by atoms with E-state index >= 15 is 0 Å². The highest BCUT2D eigenvalue weighted by Gasteiger charge is 2.10. The Bertz CT molecular complexity index is 532. The van der Waals surface area contributed by atoms with Gasteiger partial charge in [-0.2, -0.15) is 0 Å². The number of carbonyl (C=O) groups excluding carboxylic acids is 1. The summed E-state index contributed by atoms with van der Waals surface area (Å²) in [5.41, 5.74) is 6.68. The van der Waals surface area contributed by atoms with Crippen LogP contribution in [0.2, 0.25) is 10.0 Å². The van der Waals surface area contributed by atoms with E-state index in [1.165, 1.54) is 4.90 Å². The van der Waals surface area contributed by atoms with E-state index in [1.807, 2.05) is 13.0 Å². The number of hydrogen-bond donors (Lipinski definition) is 2. The van der Waals surface area contributed by atoms with Crippen LogP contribution in [0.15, 0.2) is 23.2 Å². The molecule has 0 spiro atoms. The normalized spacial score (nSPS) is 12.9. The van der Waals surface area contributed by atoms with Gasteiger partial charge in [-0.15, -0.1) is 0 Å². The molecule has 3 N–H and O–H groups in total. The van der Waals surface area contributed by atoms with E-state index in [-0.39, 0.29) is 17.9 Å². The minimum Gasteiger partial charge on any atom is -0.370 e. The van der Waals surface area contributed by atoms with Crippen LogP contribution in [-0.4, -0.2) is 37.4 Å². The second-order valence-electron chi connectivity index (χ2n) is 4.84. The summed E-state index contributed by atoms with van der Waals surface area (Å²) < 4.78 is 0. The lowest BCUT2D eigenvalue weighted by Crippen LogP contribution is -2.34. The minimum atomic E-state index is -0.108. The Morgan fingerprint density at radius 1 is 1.43 bits per heavy atom. The SMILES string of the molecule is CC(NC(N)=NCCC(=O)N(C)C)c1ccc(Cl)cc1Cl. The largest absolute Gasteiger partial charge is 0.370 e. The fourth-order valence-electron chi connectivity index (χ4n) is 1.69. The van der Waals surface area contributed by atoms with Crippen LogP contribution in [0.4, 0.5) is 0 Å². The van der Waals surface area contributed by atoms with Crippen molar-refractivity contribution in [1.82, 2.24) is 10.2 Å². The van der Waals surface area contributed by atoms with Crippen LogP contribution in [-0.2, 0) is 4.79 Å². The molecule has 0 fully saturated rings. The Hall–Kier alpha value is -1.46. The number of carbonyl (C=O) groups is 1. The molecule has 7 heteroatoms. The Morgan fingerprint density at radius 2 is 2.10 bits per heavy atom. The van der Waals surface area contributed by atoms with Crippen molar-refractivity contribution in [2.75, 3.05) is 20.6 Å². The van der Waals surface area contributed by atoms with Crippen LogP contribution >= 0.6 is 23.2 Å². The van der Waals surface area contributed by atoms with Gasteiger partial charge in [0, 0.05) is 30.6 Å². The maximum Gasteiger partial charge on any atom is 0.223 e. The smallest absolute Gasteiger partial charge is 0.223 e. The van der Waals surface area contributed by atoms with E-state index in [9.17, 15) is 4.79 Å². The van der Waals surface area contributed by atoms with Crippen LogP contribution in [0, 0.1) is 0 Å². The van der Waals surface area contributed by atoms with Gasteiger partial charge >= 0.3 is 0 Å². The molecule has 0 saturated carbocycles. The number of rotatable bonds is 5. The first kappa shape index (κ1) is 17.6. The molecule has 0 aromatic heterocycles. The topological polar surface area (TPSA) is 70.7 Å². The zero-order chi connectivity index (χ0) is 16.0. The van der Waals surface area contributed by atoms with Crippen LogP contribution < -0.4 is 11.1 Å². The zero-order valence-electron chi connectivity index (χ0n) is 12.4. The Labute approximate surface area is 135 Å². The van der Waals surface area contributed by atoms with Crippen molar-refractivity contribution in [3.63, 3.8) is 0 Å². The molecule has 0 saturated heterocycles. The fraction of sp³-hybridized carbons (Fsp3) is 0.429. The summed E-state index contributed by atoms with van der Waals surface area (Å²) in [6, 6.07) is 5.18. The molecule has 0 heterocycles. The molecular weight excluding hydrogens is 311 g/mol. The molecule has 1 atom stereocenters. The number of halogens is 2. The molecular formula is C14H20Cl2N4O. The summed E-state index contributed by atoms with van der Waals surface area (Å²) in [6.45, 7) is 2.26. The molecule has 5 nitrogen and oxygen atoms in total. The molecule has 0 radical (unpaired) electrons. The molecule has 0 aliphatic carbocycles. The summed E-state index contributed by atoms with van der Waals surface area (Å²) in [7, 11) is 3.41. The summed E-state index contributed by atoms with van der Waals surface area (Å²) in [5.74, 6) is 0.292. The first-order valence-electron chi connectivity index (χ1n) is 6.52. The Balaban J connectivity index is 2.57. The number of guanidine groups is 1. The number of aliphatic imine (C=N–C) groups is 1. The van der Waals surface area contributed by atoms with Crippen molar-refractivity contribution in [3.8, 4) is 0 Å². The molecule has 1 rings (SSSR count). The molecule has 0 aliphatic rings. The van der Waals surface area contributed by atoms with E-state index in [2.05, 4.69) is 10.3 Å². The maximum absolute atomic E-state index is 11.4. The average Bonchev–Trinajstić information content (AvgIpc) is 2.37. The number of nitrogens with one attached hydrogen (secondary N) is 1. The number of nitrogens with two attached hydrogens (primary N) is 1. The fourth-order valence-corrected chi connectivity index (χ4v) is 2.27. The zero-order valence-corrected chi connectivity index (χ0v) is 13.9. The predicted octanol–water partition coefficient (Wildman–Crippen LogP) is 2.44. The van der Waals surface area contributed by atoms with E-state index in [1.54, 1.807) is 26.2 Å². The number of nitrogens with zero attached hydrogens (tertiary/aromatic N) is 2. The lowest BCUT2D eigenvalue weighted by atomic mass is 10.1.